The summed E-state index contributed by atoms with van der Waals surface area (Å²) in [6.07, 6.45) is 2.14. The van der Waals surface area contributed by atoms with Crippen LogP contribution in [0.3, 0.4) is 0 Å². The molecule has 8 heteroatoms. The zero-order valence-electron chi connectivity index (χ0n) is 18.1. The fraction of sp³-hybridized carbons (Fsp3) is 0.591. The number of amides is 1. The van der Waals surface area contributed by atoms with Crippen molar-refractivity contribution in [3.63, 3.8) is 0 Å². The summed E-state index contributed by atoms with van der Waals surface area (Å²) in [5.41, 5.74) is 0.771. The Kier molecular flexibility index (Phi) is 5.97. The molecule has 2 fully saturated rings. The molecule has 2 aromatic rings. The van der Waals surface area contributed by atoms with Gasteiger partial charge in [-0.25, -0.2) is 9.48 Å². The van der Waals surface area contributed by atoms with Gasteiger partial charge in [0.1, 0.15) is 11.4 Å². The molecular weight excluding hydrogens is 398 g/mol. The molecule has 1 amide bonds. The summed E-state index contributed by atoms with van der Waals surface area (Å²) in [6.45, 7) is 9.98. The lowest BCUT2D eigenvalue weighted by molar-refractivity contribution is 0.0113. The lowest BCUT2D eigenvalue weighted by atomic mass is 10.2. The molecule has 0 unspecified atom stereocenters. The topological polar surface area (TPSA) is 55.5 Å². The summed E-state index contributed by atoms with van der Waals surface area (Å²) in [6, 6.07) is 10.4. The zero-order valence-corrected chi connectivity index (χ0v) is 18.9. The Bertz CT molecular complexity index is 935. The van der Waals surface area contributed by atoms with E-state index in [1.54, 1.807) is 4.90 Å². The third kappa shape index (κ3) is 5.10. The van der Waals surface area contributed by atoms with Gasteiger partial charge in [0.05, 0.1) is 13.2 Å². The molecule has 2 heterocycles. The normalized spacial score (nSPS) is 17.9. The molecule has 2 aliphatic rings. The van der Waals surface area contributed by atoms with Gasteiger partial charge in [0.2, 0.25) is 0 Å². The van der Waals surface area contributed by atoms with Crippen LogP contribution in [0.1, 0.15) is 50.9 Å². The second-order valence-electron chi connectivity index (χ2n) is 9.21. The SMILES string of the molecule is CC(C)(C)OC(=O)N1CCN(Cn2nc(C3CC3)n(Cc3ccccc3)c2=S)CC1. The Balaban J connectivity index is 1.41. The molecule has 1 aliphatic heterocycles. The summed E-state index contributed by atoms with van der Waals surface area (Å²) in [5, 5.41) is 4.89. The van der Waals surface area contributed by atoms with Crippen molar-refractivity contribution in [3.8, 4) is 0 Å². The Morgan fingerprint density at radius 2 is 1.80 bits per heavy atom. The van der Waals surface area contributed by atoms with Gasteiger partial charge in [-0.05, 0) is 51.4 Å². The monoisotopic (exact) mass is 429 g/mol. The van der Waals surface area contributed by atoms with E-state index < -0.39 is 5.60 Å². The van der Waals surface area contributed by atoms with E-state index in [0.29, 0.717) is 25.7 Å². The van der Waals surface area contributed by atoms with Crippen LogP contribution in [0, 0.1) is 4.77 Å². The maximum atomic E-state index is 12.3. The van der Waals surface area contributed by atoms with Crippen LogP contribution in [0.5, 0.6) is 0 Å². The number of benzene rings is 1. The van der Waals surface area contributed by atoms with Crippen LogP contribution >= 0.6 is 12.2 Å². The molecule has 0 atom stereocenters. The minimum Gasteiger partial charge on any atom is -0.444 e. The predicted molar refractivity (Wildman–Crippen MR) is 118 cm³/mol. The molecule has 30 heavy (non-hydrogen) atoms. The van der Waals surface area contributed by atoms with Gasteiger partial charge in [-0.1, -0.05) is 30.3 Å². The Morgan fingerprint density at radius 1 is 1.13 bits per heavy atom. The molecule has 7 nitrogen and oxygen atoms in total. The summed E-state index contributed by atoms with van der Waals surface area (Å²) in [5.74, 6) is 1.64. The molecule has 0 spiro atoms. The number of hydrogen-bond donors (Lipinski definition) is 0. The van der Waals surface area contributed by atoms with E-state index in [-0.39, 0.29) is 6.09 Å². The first kappa shape index (κ1) is 21.1. The molecule has 1 saturated heterocycles. The smallest absolute Gasteiger partial charge is 0.410 e. The highest BCUT2D eigenvalue weighted by Gasteiger charge is 2.31. The molecule has 1 saturated carbocycles. The molecule has 1 aromatic carbocycles. The van der Waals surface area contributed by atoms with Crippen LogP contribution in [0.4, 0.5) is 4.79 Å². The number of rotatable bonds is 5. The van der Waals surface area contributed by atoms with Crippen molar-refractivity contribution in [1.29, 1.82) is 0 Å². The number of ether oxygens (including phenoxy) is 1. The maximum absolute atomic E-state index is 12.3. The van der Waals surface area contributed by atoms with Crippen molar-refractivity contribution in [2.24, 2.45) is 0 Å². The zero-order chi connectivity index (χ0) is 21.3. The lowest BCUT2D eigenvalue weighted by Crippen LogP contribution is -2.50. The molecule has 1 aliphatic carbocycles. The van der Waals surface area contributed by atoms with Gasteiger partial charge < -0.3 is 9.64 Å². The third-order valence-electron chi connectivity index (χ3n) is 5.44. The fourth-order valence-electron chi connectivity index (χ4n) is 3.70. The minimum absolute atomic E-state index is 0.234. The van der Waals surface area contributed by atoms with Crippen LogP contribution in [-0.4, -0.2) is 62.0 Å². The second kappa shape index (κ2) is 8.51. The van der Waals surface area contributed by atoms with Crippen molar-refractivity contribution in [3.05, 3.63) is 46.5 Å². The number of piperazine rings is 1. The van der Waals surface area contributed by atoms with Crippen molar-refractivity contribution in [2.45, 2.75) is 58.3 Å². The summed E-state index contributed by atoms with van der Waals surface area (Å²) >= 11 is 5.80. The Hall–Kier alpha value is -2.19. The average Bonchev–Trinajstić information content (AvgIpc) is 3.50. The first-order valence-electron chi connectivity index (χ1n) is 10.7. The van der Waals surface area contributed by atoms with Crippen LogP contribution in [0.2, 0.25) is 0 Å². The molecule has 0 N–H and O–H groups in total. The van der Waals surface area contributed by atoms with E-state index in [0.717, 1.165) is 30.2 Å². The van der Waals surface area contributed by atoms with Crippen molar-refractivity contribution >= 4 is 18.3 Å². The largest absolute Gasteiger partial charge is 0.444 e. The minimum atomic E-state index is -0.466. The van der Waals surface area contributed by atoms with E-state index in [1.165, 1.54) is 18.4 Å². The third-order valence-corrected chi connectivity index (χ3v) is 5.87. The Morgan fingerprint density at radius 3 is 2.40 bits per heavy atom. The predicted octanol–water partition coefficient (Wildman–Crippen LogP) is 3.85. The first-order valence-corrected chi connectivity index (χ1v) is 11.1. The standard InChI is InChI=1S/C22H31N5O2S/c1-22(2,3)29-21(28)25-13-11-24(12-14-25)16-27-20(30)26(19(23-27)18-9-10-18)15-17-7-5-4-6-8-17/h4-8,18H,9-16H2,1-3H3. The van der Waals surface area contributed by atoms with Gasteiger partial charge in [0.25, 0.3) is 0 Å². The number of hydrogen-bond acceptors (Lipinski definition) is 5. The van der Waals surface area contributed by atoms with Crippen molar-refractivity contribution in [2.75, 3.05) is 26.2 Å². The van der Waals surface area contributed by atoms with E-state index in [1.807, 2.05) is 31.5 Å². The summed E-state index contributed by atoms with van der Waals surface area (Å²) < 4.78 is 10.4. The van der Waals surface area contributed by atoms with Crippen molar-refractivity contribution in [1.82, 2.24) is 24.1 Å². The molecule has 0 radical (unpaired) electrons. The maximum Gasteiger partial charge on any atom is 0.410 e. The quantitative estimate of drug-likeness (QED) is 0.676. The molecule has 0 bridgehead atoms. The van der Waals surface area contributed by atoms with E-state index >= 15 is 0 Å². The van der Waals surface area contributed by atoms with Gasteiger partial charge >= 0.3 is 6.09 Å². The molecule has 4 rings (SSSR count). The van der Waals surface area contributed by atoms with Gasteiger partial charge in [0.15, 0.2) is 4.77 Å². The first-order chi connectivity index (χ1) is 14.3. The van der Waals surface area contributed by atoms with Crippen LogP contribution in [-0.2, 0) is 18.0 Å². The van der Waals surface area contributed by atoms with E-state index in [2.05, 4.69) is 33.7 Å². The summed E-state index contributed by atoms with van der Waals surface area (Å²) in [4.78, 5) is 16.4. The van der Waals surface area contributed by atoms with Crippen molar-refractivity contribution < 1.29 is 9.53 Å². The number of aromatic nitrogens is 3. The van der Waals surface area contributed by atoms with E-state index in [9.17, 15) is 4.79 Å². The highest BCUT2D eigenvalue weighted by Crippen LogP contribution is 2.39. The van der Waals surface area contributed by atoms with Gasteiger partial charge in [-0.15, -0.1) is 0 Å². The lowest BCUT2D eigenvalue weighted by Gasteiger charge is -2.35. The molecule has 162 valence electrons. The van der Waals surface area contributed by atoms with Gasteiger partial charge in [-0.2, -0.15) is 5.10 Å². The van der Waals surface area contributed by atoms with Gasteiger partial charge in [-0.3, -0.25) is 9.47 Å². The average molecular weight is 430 g/mol. The number of carbonyl (C=O) groups excluding carboxylic acids is 1. The van der Waals surface area contributed by atoms with Gasteiger partial charge in [0, 0.05) is 32.1 Å². The number of carbonyl (C=O) groups is 1. The second-order valence-corrected chi connectivity index (χ2v) is 9.58. The highest BCUT2D eigenvalue weighted by molar-refractivity contribution is 7.71. The fourth-order valence-corrected chi connectivity index (χ4v) is 3.95. The van der Waals surface area contributed by atoms with Crippen LogP contribution in [0.15, 0.2) is 30.3 Å². The number of nitrogens with zero attached hydrogens (tertiary/aromatic N) is 5. The Labute approximate surface area is 183 Å². The van der Waals surface area contributed by atoms with Crippen LogP contribution < -0.4 is 0 Å². The molecular formula is C22H31N5O2S. The van der Waals surface area contributed by atoms with E-state index in [4.69, 9.17) is 22.1 Å². The summed E-state index contributed by atoms with van der Waals surface area (Å²) in [7, 11) is 0. The van der Waals surface area contributed by atoms with Crippen LogP contribution in [0.25, 0.3) is 0 Å². The molecule has 1 aromatic heterocycles. The highest BCUT2D eigenvalue weighted by atomic mass is 32.1.